The second-order valence-corrected chi connectivity index (χ2v) is 3.92. The van der Waals surface area contributed by atoms with Crippen LogP contribution in [0.25, 0.3) is 0 Å². The molecule has 0 unspecified atom stereocenters. The van der Waals surface area contributed by atoms with E-state index in [9.17, 15) is 9.59 Å². The number of carbonyl (C=O) groups excluding carboxylic acids is 2. The van der Waals surface area contributed by atoms with Crippen LogP contribution < -0.4 is 22.1 Å². The highest BCUT2D eigenvalue weighted by atomic mass is 16.5. The van der Waals surface area contributed by atoms with E-state index in [1.54, 1.807) is 12.1 Å². The zero-order valence-corrected chi connectivity index (χ0v) is 9.66. The number of anilines is 3. The van der Waals surface area contributed by atoms with Gasteiger partial charge in [-0.05, 0) is 17.7 Å². The van der Waals surface area contributed by atoms with Gasteiger partial charge in [0.15, 0.2) is 0 Å². The number of hydrogen-bond donors (Lipinski definition) is 4. The second-order valence-electron chi connectivity index (χ2n) is 3.92. The fourth-order valence-electron chi connectivity index (χ4n) is 1.78. The molecular weight excluding hydrogens is 236 g/mol. The molecule has 0 saturated carbocycles. The summed E-state index contributed by atoms with van der Waals surface area (Å²) in [5, 5.41) is 5.74. The third-order valence-electron chi connectivity index (χ3n) is 2.56. The van der Waals surface area contributed by atoms with E-state index in [-0.39, 0.29) is 12.5 Å². The molecule has 1 aromatic carbocycles. The van der Waals surface area contributed by atoms with Gasteiger partial charge in [0.1, 0.15) is 6.61 Å². The Hall–Kier alpha value is -2.44. The van der Waals surface area contributed by atoms with Crippen LogP contribution in [-0.2, 0) is 16.0 Å². The first-order valence-corrected chi connectivity index (χ1v) is 5.44. The maximum absolute atomic E-state index is 11.2. The molecule has 96 valence electrons. The molecule has 18 heavy (non-hydrogen) atoms. The maximum Gasteiger partial charge on any atom is 0.404 e. The van der Waals surface area contributed by atoms with Crippen LogP contribution in [0, 0.1) is 0 Å². The van der Waals surface area contributed by atoms with Crippen molar-refractivity contribution in [2.24, 2.45) is 5.73 Å². The van der Waals surface area contributed by atoms with Gasteiger partial charge < -0.3 is 26.8 Å². The summed E-state index contributed by atoms with van der Waals surface area (Å²) < 4.78 is 4.58. The van der Waals surface area contributed by atoms with Crippen molar-refractivity contribution in [3.8, 4) is 0 Å². The SMILES string of the molecule is NC(=O)OCCNc1cc2c(cc1N)CC(=O)N2. The Balaban J connectivity index is 1.99. The van der Waals surface area contributed by atoms with Crippen molar-refractivity contribution in [1.82, 2.24) is 0 Å². The van der Waals surface area contributed by atoms with Crippen LogP contribution in [0.3, 0.4) is 0 Å². The number of hydrogen-bond acceptors (Lipinski definition) is 5. The van der Waals surface area contributed by atoms with Crippen LogP contribution in [0.5, 0.6) is 0 Å². The minimum Gasteiger partial charge on any atom is -0.448 e. The molecule has 0 atom stereocenters. The van der Waals surface area contributed by atoms with Gasteiger partial charge in [0.2, 0.25) is 5.91 Å². The number of nitrogens with two attached hydrogens (primary N) is 2. The molecule has 0 aromatic heterocycles. The zero-order valence-electron chi connectivity index (χ0n) is 9.66. The molecular formula is C11H14N4O3. The fourth-order valence-corrected chi connectivity index (χ4v) is 1.78. The highest BCUT2D eigenvalue weighted by molar-refractivity contribution is 6.00. The van der Waals surface area contributed by atoms with Gasteiger partial charge in [-0.25, -0.2) is 4.79 Å². The molecule has 2 rings (SSSR count). The highest BCUT2D eigenvalue weighted by Gasteiger charge is 2.19. The van der Waals surface area contributed by atoms with E-state index >= 15 is 0 Å². The first-order valence-electron chi connectivity index (χ1n) is 5.44. The van der Waals surface area contributed by atoms with Gasteiger partial charge >= 0.3 is 6.09 Å². The van der Waals surface area contributed by atoms with Crippen LogP contribution >= 0.6 is 0 Å². The Kier molecular flexibility index (Phi) is 3.22. The minimum absolute atomic E-state index is 0.0430. The van der Waals surface area contributed by atoms with E-state index in [2.05, 4.69) is 15.4 Å². The van der Waals surface area contributed by atoms with Crippen molar-refractivity contribution in [1.29, 1.82) is 0 Å². The van der Waals surface area contributed by atoms with E-state index in [0.717, 1.165) is 11.3 Å². The molecule has 6 N–H and O–H groups in total. The summed E-state index contributed by atoms with van der Waals surface area (Å²) in [4.78, 5) is 21.6. The average molecular weight is 250 g/mol. The number of nitrogen functional groups attached to an aromatic ring is 1. The standard InChI is InChI=1S/C11H14N4O3/c12-7-3-6-4-10(16)15-8(6)5-9(7)14-1-2-18-11(13)17/h3,5,14H,1-2,4,12H2,(H2,13,17)(H,15,16). The number of carbonyl (C=O) groups is 2. The zero-order chi connectivity index (χ0) is 13.1. The van der Waals surface area contributed by atoms with E-state index in [4.69, 9.17) is 11.5 Å². The van der Waals surface area contributed by atoms with Crippen LogP contribution in [0.1, 0.15) is 5.56 Å². The largest absolute Gasteiger partial charge is 0.448 e. The lowest BCUT2D eigenvalue weighted by molar-refractivity contribution is -0.115. The van der Waals surface area contributed by atoms with Gasteiger partial charge in [0, 0.05) is 12.2 Å². The molecule has 2 amide bonds. The minimum atomic E-state index is -0.814. The number of fused-ring (bicyclic) bond motifs is 1. The Morgan fingerprint density at radius 3 is 3.00 bits per heavy atom. The van der Waals surface area contributed by atoms with Crippen molar-refractivity contribution in [3.05, 3.63) is 17.7 Å². The Bertz CT molecular complexity index is 501. The van der Waals surface area contributed by atoms with Crippen LogP contribution in [0.4, 0.5) is 21.9 Å². The van der Waals surface area contributed by atoms with E-state index in [1.807, 2.05) is 0 Å². The molecule has 1 aromatic rings. The summed E-state index contributed by atoms with van der Waals surface area (Å²) in [6.45, 7) is 0.540. The molecule has 0 bridgehead atoms. The van der Waals surface area contributed by atoms with Gasteiger partial charge in [0.25, 0.3) is 0 Å². The van der Waals surface area contributed by atoms with Crippen LogP contribution in [0.15, 0.2) is 12.1 Å². The van der Waals surface area contributed by atoms with Crippen LogP contribution in [0.2, 0.25) is 0 Å². The molecule has 7 heteroatoms. The van der Waals surface area contributed by atoms with Gasteiger partial charge in [-0.2, -0.15) is 0 Å². The summed E-state index contributed by atoms with van der Waals surface area (Å²) in [5.74, 6) is -0.0430. The van der Waals surface area contributed by atoms with E-state index < -0.39 is 6.09 Å². The maximum atomic E-state index is 11.2. The number of primary amides is 1. The lowest BCUT2D eigenvalue weighted by Gasteiger charge is -2.11. The van der Waals surface area contributed by atoms with Crippen molar-refractivity contribution in [3.63, 3.8) is 0 Å². The number of rotatable bonds is 4. The first-order chi connectivity index (χ1) is 8.56. The molecule has 0 saturated heterocycles. The number of nitrogens with one attached hydrogen (secondary N) is 2. The van der Waals surface area contributed by atoms with Crippen LogP contribution in [-0.4, -0.2) is 25.2 Å². The molecule has 1 aliphatic heterocycles. The molecule has 1 aliphatic rings. The topological polar surface area (TPSA) is 119 Å². The summed E-state index contributed by atoms with van der Waals surface area (Å²) in [6.07, 6.45) is -0.462. The third-order valence-corrected chi connectivity index (χ3v) is 2.56. The molecule has 0 spiro atoms. The Morgan fingerprint density at radius 2 is 2.28 bits per heavy atom. The molecule has 1 heterocycles. The third kappa shape index (κ3) is 2.62. The summed E-state index contributed by atoms with van der Waals surface area (Å²) in [6, 6.07) is 3.52. The first kappa shape index (κ1) is 12.0. The van der Waals surface area contributed by atoms with Gasteiger partial charge in [0.05, 0.1) is 17.8 Å². The predicted octanol–water partition coefficient (Wildman–Crippen LogP) is 0.271. The average Bonchev–Trinajstić information content (AvgIpc) is 2.63. The lowest BCUT2D eigenvalue weighted by atomic mass is 10.1. The summed E-state index contributed by atoms with van der Waals surface area (Å²) in [7, 11) is 0. The Labute approximate surface area is 103 Å². The van der Waals surface area contributed by atoms with Gasteiger partial charge in [-0.3, -0.25) is 4.79 Å². The van der Waals surface area contributed by atoms with Crippen molar-refractivity contribution < 1.29 is 14.3 Å². The number of benzene rings is 1. The smallest absolute Gasteiger partial charge is 0.404 e. The van der Waals surface area contributed by atoms with E-state index in [0.29, 0.717) is 24.3 Å². The Morgan fingerprint density at radius 1 is 1.50 bits per heavy atom. The molecule has 7 nitrogen and oxygen atoms in total. The second kappa shape index (κ2) is 4.82. The summed E-state index contributed by atoms with van der Waals surface area (Å²) in [5.41, 5.74) is 13.5. The number of amides is 2. The molecule has 0 aliphatic carbocycles. The van der Waals surface area contributed by atoms with Crippen molar-refractivity contribution >= 4 is 29.1 Å². The van der Waals surface area contributed by atoms with Gasteiger partial charge in [-0.15, -0.1) is 0 Å². The normalized spacial score (nSPS) is 12.8. The summed E-state index contributed by atoms with van der Waals surface area (Å²) >= 11 is 0. The molecule has 0 fully saturated rings. The predicted molar refractivity (Wildman–Crippen MR) is 67.2 cm³/mol. The fraction of sp³-hybridized carbons (Fsp3) is 0.273. The van der Waals surface area contributed by atoms with E-state index in [1.165, 1.54) is 0 Å². The highest BCUT2D eigenvalue weighted by Crippen LogP contribution is 2.31. The van der Waals surface area contributed by atoms with Crippen molar-refractivity contribution in [2.75, 3.05) is 29.5 Å². The lowest BCUT2D eigenvalue weighted by Crippen LogP contribution is -2.18. The van der Waals surface area contributed by atoms with Crippen molar-refractivity contribution in [2.45, 2.75) is 6.42 Å². The number of ether oxygens (including phenoxy) is 1. The quantitative estimate of drug-likeness (QED) is 0.451. The molecule has 0 radical (unpaired) electrons. The monoisotopic (exact) mass is 250 g/mol. The van der Waals surface area contributed by atoms with Gasteiger partial charge in [-0.1, -0.05) is 0 Å².